The van der Waals surface area contributed by atoms with Crippen molar-refractivity contribution in [3.63, 3.8) is 0 Å². The molecule has 2 bridgehead atoms. The van der Waals surface area contributed by atoms with Gasteiger partial charge in [0.25, 0.3) is 0 Å². The third-order valence-corrected chi connectivity index (χ3v) is 3.38. The molecule has 0 amide bonds. The summed E-state index contributed by atoms with van der Waals surface area (Å²) in [7, 11) is 0. The molecule has 0 aromatic heterocycles. The first-order chi connectivity index (χ1) is 5.84. The van der Waals surface area contributed by atoms with Crippen molar-refractivity contribution >= 4 is 0 Å². The Morgan fingerprint density at radius 3 is 2.92 bits per heavy atom. The second-order valence-corrected chi connectivity index (χ2v) is 4.14. The van der Waals surface area contributed by atoms with E-state index in [4.69, 9.17) is 9.47 Å². The van der Waals surface area contributed by atoms with Crippen LogP contribution in [0.5, 0.6) is 0 Å². The summed E-state index contributed by atoms with van der Waals surface area (Å²) in [6.07, 6.45) is 3.97. The van der Waals surface area contributed by atoms with Crippen molar-refractivity contribution in [3.8, 4) is 0 Å². The summed E-state index contributed by atoms with van der Waals surface area (Å²) in [5.74, 6) is 0.479. The molecule has 2 unspecified atom stereocenters. The molecule has 1 N–H and O–H groups in total. The van der Waals surface area contributed by atoms with Gasteiger partial charge in [0.05, 0.1) is 31.0 Å². The number of aliphatic hydroxyl groups excluding tert-OH is 1. The van der Waals surface area contributed by atoms with Gasteiger partial charge >= 0.3 is 0 Å². The lowest BCUT2D eigenvalue weighted by atomic mass is 9.81. The van der Waals surface area contributed by atoms with Gasteiger partial charge in [0.15, 0.2) is 0 Å². The highest BCUT2D eigenvalue weighted by Crippen LogP contribution is 2.44. The summed E-state index contributed by atoms with van der Waals surface area (Å²) in [4.78, 5) is 0. The first-order valence-electron chi connectivity index (χ1n) is 4.80. The molecule has 0 radical (unpaired) electrons. The van der Waals surface area contributed by atoms with Gasteiger partial charge in [-0.3, -0.25) is 0 Å². The van der Waals surface area contributed by atoms with Crippen LogP contribution in [0, 0.1) is 5.92 Å². The van der Waals surface area contributed by atoms with E-state index in [-0.39, 0.29) is 6.10 Å². The van der Waals surface area contributed by atoms with E-state index in [0.717, 1.165) is 12.8 Å². The molecule has 3 heteroatoms. The monoisotopic (exact) mass is 170 g/mol. The average molecular weight is 170 g/mol. The van der Waals surface area contributed by atoms with Crippen LogP contribution in [-0.4, -0.2) is 36.1 Å². The van der Waals surface area contributed by atoms with Crippen LogP contribution < -0.4 is 0 Å². The van der Waals surface area contributed by atoms with Gasteiger partial charge in [0.1, 0.15) is 0 Å². The number of aliphatic hydroxyl groups is 1. The zero-order chi connectivity index (χ0) is 8.13. The first-order valence-corrected chi connectivity index (χ1v) is 4.80. The van der Waals surface area contributed by atoms with Gasteiger partial charge in [-0.2, -0.15) is 0 Å². The zero-order valence-corrected chi connectivity index (χ0v) is 6.98. The molecule has 3 aliphatic heterocycles. The highest BCUT2D eigenvalue weighted by molar-refractivity contribution is 5.00. The molecule has 0 spiro atoms. The summed E-state index contributed by atoms with van der Waals surface area (Å²) in [6.45, 7) is 0.508. The summed E-state index contributed by atoms with van der Waals surface area (Å²) >= 11 is 0. The minimum Gasteiger partial charge on any atom is -0.391 e. The SMILES string of the molecule is OC1CO[C@H]2C3CC[C@H](O3)[C@H]2C1. The second kappa shape index (κ2) is 2.44. The van der Waals surface area contributed by atoms with Crippen molar-refractivity contribution in [1.29, 1.82) is 0 Å². The highest BCUT2D eigenvalue weighted by Gasteiger charge is 2.51. The molecule has 12 heavy (non-hydrogen) atoms. The zero-order valence-electron chi connectivity index (χ0n) is 6.98. The maximum Gasteiger partial charge on any atom is 0.0891 e. The van der Waals surface area contributed by atoms with Gasteiger partial charge in [-0.1, -0.05) is 0 Å². The van der Waals surface area contributed by atoms with Crippen LogP contribution in [0.15, 0.2) is 0 Å². The number of rotatable bonds is 0. The fourth-order valence-corrected chi connectivity index (χ4v) is 2.85. The molecule has 0 saturated carbocycles. The lowest BCUT2D eigenvalue weighted by molar-refractivity contribution is -0.0945. The van der Waals surface area contributed by atoms with Crippen LogP contribution in [0.3, 0.4) is 0 Å². The maximum absolute atomic E-state index is 9.40. The lowest BCUT2D eigenvalue weighted by Crippen LogP contribution is -2.43. The Kier molecular flexibility index (Phi) is 1.48. The third-order valence-electron chi connectivity index (χ3n) is 3.38. The molecule has 0 aliphatic carbocycles. The molecule has 3 heterocycles. The van der Waals surface area contributed by atoms with Gasteiger partial charge in [0, 0.05) is 5.92 Å². The molecule has 5 atom stereocenters. The third kappa shape index (κ3) is 0.873. The molecular weight excluding hydrogens is 156 g/mol. The molecule has 3 rings (SSSR count). The predicted octanol–water partition coefficient (Wildman–Crippen LogP) is 0.314. The van der Waals surface area contributed by atoms with E-state index in [2.05, 4.69) is 0 Å². The molecule has 0 aromatic carbocycles. The van der Waals surface area contributed by atoms with E-state index in [0.29, 0.717) is 30.8 Å². The summed E-state index contributed by atoms with van der Waals surface area (Å²) < 4.78 is 11.3. The molecular formula is C9H14O3. The Morgan fingerprint density at radius 2 is 2.00 bits per heavy atom. The number of fused-ring (bicyclic) bond motifs is 5. The van der Waals surface area contributed by atoms with Crippen molar-refractivity contribution in [3.05, 3.63) is 0 Å². The minimum absolute atomic E-state index is 0.255. The Balaban J connectivity index is 1.81. The average Bonchev–Trinajstić information content (AvgIpc) is 2.63. The van der Waals surface area contributed by atoms with Crippen molar-refractivity contribution in [2.45, 2.75) is 43.7 Å². The molecule has 0 aromatic rings. The minimum atomic E-state index is -0.255. The van der Waals surface area contributed by atoms with Crippen LogP contribution in [0.2, 0.25) is 0 Å². The van der Waals surface area contributed by atoms with E-state index in [1.54, 1.807) is 0 Å². The van der Waals surface area contributed by atoms with Gasteiger partial charge < -0.3 is 14.6 Å². The van der Waals surface area contributed by atoms with E-state index in [1.807, 2.05) is 0 Å². The fraction of sp³-hybridized carbons (Fsp3) is 1.00. The Morgan fingerprint density at radius 1 is 1.17 bits per heavy atom. The van der Waals surface area contributed by atoms with Gasteiger partial charge in [-0.15, -0.1) is 0 Å². The van der Waals surface area contributed by atoms with E-state index >= 15 is 0 Å². The normalized spacial score (nSPS) is 57.2. The van der Waals surface area contributed by atoms with Crippen LogP contribution >= 0.6 is 0 Å². The maximum atomic E-state index is 9.40. The largest absolute Gasteiger partial charge is 0.391 e. The lowest BCUT2D eigenvalue weighted by Gasteiger charge is -2.34. The van der Waals surface area contributed by atoms with E-state index in [1.165, 1.54) is 6.42 Å². The topological polar surface area (TPSA) is 38.7 Å². The van der Waals surface area contributed by atoms with Gasteiger partial charge in [0.2, 0.25) is 0 Å². The Bertz CT molecular complexity index is 194. The van der Waals surface area contributed by atoms with Crippen molar-refractivity contribution in [2.24, 2.45) is 5.92 Å². The summed E-state index contributed by atoms with van der Waals surface area (Å²) in [6, 6.07) is 0. The van der Waals surface area contributed by atoms with Crippen LogP contribution in [-0.2, 0) is 9.47 Å². The van der Waals surface area contributed by atoms with Crippen LogP contribution in [0.1, 0.15) is 19.3 Å². The van der Waals surface area contributed by atoms with Crippen molar-refractivity contribution in [1.82, 2.24) is 0 Å². The predicted molar refractivity (Wildman–Crippen MR) is 41.7 cm³/mol. The fourth-order valence-electron chi connectivity index (χ4n) is 2.85. The number of hydrogen-bond acceptors (Lipinski definition) is 3. The molecule has 3 saturated heterocycles. The highest BCUT2D eigenvalue weighted by atomic mass is 16.6. The van der Waals surface area contributed by atoms with Crippen LogP contribution in [0.25, 0.3) is 0 Å². The van der Waals surface area contributed by atoms with Crippen LogP contribution in [0.4, 0.5) is 0 Å². The molecule has 3 nitrogen and oxygen atoms in total. The van der Waals surface area contributed by atoms with Gasteiger partial charge in [-0.05, 0) is 19.3 Å². The smallest absolute Gasteiger partial charge is 0.0891 e. The summed E-state index contributed by atoms with van der Waals surface area (Å²) in [5.41, 5.74) is 0. The van der Waals surface area contributed by atoms with E-state index in [9.17, 15) is 5.11 Å². The quantitative estimate of drug-likeness (QED) is 0.568. The van der Waals surface area contributed by atoms with E-state index < -0.39 is 0 Å². The Hall–Kier alpha value is -0.120. The molecule has 3 aliphatic rings. The number of hydrogen-bond donors (Lipinski definition) is 1. The molecule has 68 valence electrons. The summed E-state index contributed by atoms with van der Waals surface area (Å²) in [5, 5.41) is 9.40. The van der Waals surface area contributed by atoms with Crippen molar-refractivity contribution < 1.29 is 14.6 Å². The standard InChI is InChI=1S/C9H14O3/c10-5-3-6-7-1-2-8(12-7)9(6)11-4-5/h5-10H,1-4H2/t5?,6-,7+,8?,9-/m1/s1. The van der Waals surface area contributed by atoms with Crippen molar-refractivity contribution in [2.75, 3.05) is 6.61 Å². The molecule has 3 fully saturated rings. The second-order valence-electron chi connectivity index (χ2n) is 4.14. The first kappa shape index (κ1) is 7.30. The Labute approximate surface area is 71.7 Å². The van der Waals surface area contributed by atoms with Gasteiger partial charge in [-0.25, -0.2) is 0 Å². The number of ether oxygens (including phenoxy) is 2.